The van der Waals surface area contributed by atoms with Gasteiger partial charge in [-0.05, 0) is 44.2 Å². The summed E-state index contributed by atoms with van der Waals surface area (Å²) in [6.45, 7) is 4.08. The smallest absolute Gasteiger partial charge is 0.347 e. The van der Waals surface area contributed by atoms with Gasteiger partial charge in [-0.3, -0.25) is 0 Å². The highest BCUT2D eigenvalue weighted by atomic mass is 127. The Bertz CT molecular complexity index is 541. The van der Waals surface area contributed by atoms with E-state index in [0.717, 1.165) is 17.1 Å². The topological polar surface area (TPSA) is 31.2 Å². The number of hydrogen-bond acceptors (Lipinski definition) is 2. The summed E-state index contributed by atoms with van der Waals surface area (Å²) in [5, 5.41) is 0. The lowest BCUT2D eigenvalue weighted by Crippen LogP contribution is -2.02. The molecule has 1 heterocycles. The van der Waals surface area contributed by atoms with Gasteiger partial charge >= 0.3 is 5.97 Å². The van der Waals surface area contributed by atoms with Crippen LogP contribution in [0.1, 0.15) is 21.7 Å². The molecule has 0 spiro atoms. The molecule has 1 aromatic heterocycles. The second-order valence-corrected chi connectivity index (χ2v) is 4.31. The van der Waals surface area contributed by atoms with E-state index in [9.17, 15) is 4.79 Å². The van der Waals surface area contributed by atoms with Gasteiger partial charge in [0.15, 0.2) is 23.0 Å². The summed E-state index contributed by atoms with van der Waals surface area (Å²) in [5.41, 5.74) is 3.82. The van der Waals surface area contributed by atoms with Crippen molar-refractivity contribution in [1.29, 1.82) is 0 Å². The van der Waals surface area contributed by atoms with Crippen molar-refractivity contribution in [2.24, 2.45) is 0 Å². The van der Waals surface area contributed by atoms with E-state index in [1.54, 1.807) is 29.1 Å². The van der Waals surface area contributed by atoms with Crippen LogP contribution < -0.4 is 0 Å². The van der Waals surface area contributed by atoms with Gasteiger partial charge in [-0.1, -0.05) is 6.07 Å². The fourth-order valence-corrected chi connectivity index (χ4v) is 2.15. The van der Waals surface area contributed by atoms with Crippen molar-refractivity contribution in [3.8, 4) is 5.69 Å². The highest BCUT2D eigenvalue weighted by Crippen LogP contribution is 2.18. The fourth-order valence-electron chi connectivity index (χ4n) is 1.89. The van der Waals surface area contributed by atoms with Crippen molar-refractivity contribution in [3.05, 3.63) is 53.3 Å². The Morgan fingerprint density at radius 1 is 1.18 bits per heavy atom. The lowest BCUT2D eigenvalue weighted by molar-refractivity contribution is 0.0800. The Kier molecular flexibility index (Phi) is 3.51. The summed E-state index contributed by atoms with van der Waals surface area (Å²) in [6.07, 6.45) is 0. The molecular formula is C13H12INO2. The number of aromatic nitrogens is 1. The van der Waals surface area contributed by atoms with E-state index in [1.807, 2.05) is 32.0 Å². The lowest BCUT2D eigenvalue weighted by atomic mass is 10.2. The number of hydrogen-bond donors (Lipinski definition) is 0. The maximum absolute atomic E-state index is 11.5. The quantitative estimate of drug-likeness (QED) is 0.782. The van der Waals surface area contributed by atoms with Gasteiger partial charge in [-0.15, -0.1) is 0 Å². The summed E-state index contributed by atoms with van der Waals surface area (Å²) in [5.74, 6) is -0.324. The largest absolute Gasteiger partial charge is 0.391 e. The molecule has 0 aliphatic carbocycles. The summed E-state index contributed by atoms with van der Waals surface area (Å²) in [7, 11) is 0. The minimum Gasteiger partial charge on any atom is -0.391 e. The van der Waals surface area contributed by atoms with Crippen molar-refractivity contribution in [3.63, 3.8) is 0 Å². The third kappa shape index (κ3) is 2.36. The third-order valence-electron chi connectivity index (χ3n) is 2.68. The van der Waals surface area contributed by atoms with Gasteiger partial charge < -0.3 is 7.63 Å². The molecule has 0 radical (unpaired) electrons. The molecule has 0 amide bonds. The molecule has 2 aromatic rings. The van der Waals surface area contributed by atoms with Crippen molar-refractivity contribution < 1.29 is 7.86 Å². The molecule has 17 heavy (non-hydrogen) atoms. The first kappa shape index (κ1) is 12.2. The van der Waals surface area contributed by atoms with Crippen LogP contribution in [0.25, 0.3) is 5.69 Å². The van der Waals surface area contributed by atoms with Crippen LogP contribution in [0.15, 0.2) is 36.4 Å². The molecule has 0 saturated carbocycles. The van der Waals surface area contributed by atoms with Crippen LogP contribution in [0.4, 0.5) is 0 Å². The number of carbonyl (C=O) groups excluding carboxylic acids is 1. The van der Waals surface area contributed by atoms with Crippen molar-refractivity contribution in [1.82, 2.24) is 4.57 Å². The minimum absolute atomic E-state index is 0.324. The van der Waals surface area contributed by atoms with E-state index in [0.29, 0.717) is 5.56 Å². The van der Waals surface area contributed by atoms with E-state index < -0.39 is 0 Å². The number of carbonyl (C=O) groups is 1. The summed E-state index contributed by atoms with van der Waals surface area (Å²) in [6, 6.07) is 11.5. The molecule has 4 heteroatoms. The maximum Gasteiger partial charge on any atom is 0.347 e. The fraction of sp³-hybridized carbons (Fsp3) is 0.154. The Labute approximate surface area is 114 Å². The molecule has 88 valence electrons. The number of rotatable bonds is 2. The maximum atomic E-state index is 11.5. The van der Waals surface area contributed by atoms with Gasteiger partial charge in [0, 0.05) is 17.1 Å². The Morgan fingerprint density at radius 3 is 2.41 bits per heavy atom. The zero-order valence-electron chi connectivity index (χ0n) is 9.61. The highest BCUT2D eigenvalue weighted by Gasteiger charge is 2.09. The zero-order chi connectivity index (χ0) is 12.4. The standard InChI is InChI=1S/C13H12INO2/c1-9-6-7-10(2)15(9)12-5-3-4-11(8-12)13(16)17-14/h3-8H,1-2H3. The zero-order valence-corrected chi connectivity index (χ0v) is 11.8. The lowest BCUT2D eigenvalue weighted by Gasteiger charge is -2.10. The van der Waals surface area contributed by atoms with Gasteiger partial charge in [-0.2, -0.15) is 0 Å². The van der Waals surface area contributed by atoms with Crippen molar-refractivity contribution in [2.75, 3.05) is 0 Å². The first-order valence-electron chi connectivity index (χ1n) is 5.22. The van der Waals surface area contributed by atoms with E-state index in [4.69, 9.17) is 3.07 Å². The first-order valence-corrected chi connectivity index (χ1v) is 6.10. The van der Waals surface area contributed by atoms with Crippen LogP contribution in [-0.2, 0) is 3.07 Å². The Balaban J connectivity index is 2.50. The average Bonchev–Trinajstić information content (AvgIpc) is 2.68. The molecule has 0 N–H and O–H groups in total. The Hall–Kier alpha value is -1.30. The van der Waals surface area contributed by atoms with Crippen LogP contribution in [-0.4, -0.2) is 10.5 Å². The van der Waals surface area contributed by atoms with Crippen LogP contribution in [0.3, 0.4) is 0 Å². The molecule has 0 bridgehead atoms. The van der Waals surface area contributed by atoms with Gasteiger partial charge in [0.05, 0.1) is 5.56 Å². The SMILES string of the molecule is Cc1ccc(C)n1-c1cccc(C(=O)OI)c1. The average molecular weight is 341 g/mol. The minimum atomic E-state index is -0.324. The molecule has 0 unspecified atom stereocenters. The van der Waals surface area contributed by atoms with Crippen molar-refractivity contribution >= 4 is 29.0 Å². The number of halogens is 1. The van der Waals surface area contributed by atoms with E-state index in [-0.39, 0.29) is 5.97 Å². The molecule has 0 saturated heterocycles. The van der Waals surface area contributed by atoms with E-state index in [1.165, 1.54) is 0 Å². The van der Waals surface area contributed by atoms with Gasteiger partial charge in [-0.25, -0.2) is 4.79 Å². The second-order valence-electron chi connectivity index (χ2n) is 3.87. The summed E-state index contributed by atoms with van der Waals surface area (Å²) in [4.78, 5) is 11.5. The predicted molar refractivity (Wildman–Crippen MR) is 74.7 cm³/mol. The van der Waals surface area contributed by atoms with Crippen LogP contribution in [0.2, 0.25) is 0 Å². The van der Waals surface area contributed by atoms with Crippen LogP contribution >= 0.6 is 23.0 Å². The number of nitrogens with zero attached hydrogens (tertiary/aromatic N) is 1. The van der Waals surface area contributed by atoms with Crippen LogP contribution in [0, 0.1) is 13.8 Å². The number of benzene rings is 1. The van der Waals surface area contributed by atoms with Gasteiger partial charge in [0.1, 0.15) is 0 Å². The second kappa shape index (κ2) is 4.91. The molecule has 2 rings (SSSR count). The molecule has 0 atom stereocenters. The predicted octanol–water partition coefficient (Wildman–Crippen LogP) is 3.60. The van der Waals surface area contributed by atoms with Gasteiger partial charge in [0.25, 0.3) is 0 Å². The molecule has 0 aliphatic rings. The molecule has 0 fully saturated rings. The summed E-state index contributed by atoms with van der Waals surface area (Å²) < 4.78 is 6.79. The van der Waals surface area contributed by atoms with E-state index in [2.05, 4.69) is 16.7 Å². The molecule has 0 aliphatic heterocycles. The number of aryl methyl sites for hydroxylation is 2. The molecular weight excluding hydrogens is 329 g/mol. The van der Waals surface area contributed by atoms with Gasteiger partial charge in [0.2, 0.25) is 0 Å². The third-order valence-corrected chi connectivity index (χ3v) is 3.08. The monoisotopic (exact) mass is 341 g/mol. The van der Waals surface area contributed by atoms with Crippen molar-refractivity contribution in [2.45, 2.75) is 13.8 Å². The highest BCUT2D eigenvalue weighted by molar-refractivity contribution is 14.1. The Morgan fingerprint density at radius 2 is 1.82 bits per heavy atom. The normalized spacial score (nSPS) is 10.3. The van der Waals surface area contributed by atoms with Crippen LogP contribution in [0.5, 0.6) is 0 Å². The molecule has 3 nitrogen and oxygen atoms in total. The summed E-state index contributed by atoms with van der Waals surface area (Å²) >= 11 is 1.60. The van der Waals surface area contributed by atoms with E-state index >= 15 is 0 Å². The molecule has 1 aromatic carbocycles. The first-order chi connectivity index (χ1) is 8.13.